The van der Waals surface area contributed by atoms with Crippen molar-refractivity contribution in [2.45, 2.75) is 13.5 Å². The van der Waals surface area contributed by atoms with Gasteiger partial charge in [-0.3, -0.25) is 0 Å². The molecule has 0 unspecified atom stereocenters. The summed E-state index contributed by atoms with van der Waals surface area (Å²) in [5, 5.41) is 3.96. The lowest BCUT2D eigenvalue weighted by Gasteiger charge is -2.06. The molecule has 0 aliphatic rings. The lowest BCUT2D eigenvalue weighted by Crippen LogP contribution is -2.05. The number of aromatic nitrogens is 2. The average molecular weight is 223 g/mol. The van der Waals surface area contributed by atoms with E-state index in [1.54, 1.807) is 13.0 Å². The van der Waals surface area contributed by atoms with Crippen LogP contribution in [0.2, 0.25) is 0 Å². The zero-order chi connectivity index (χ0) is 11.7. The van der Waals surface area contributed by atoms with Crippen molar-refractivity contribution in [3.63, 3.8) is 0 Å². The Balaban J connectivity index is 2.57. The number of aryl methyl sites for hydroxylation is 1. The van der Waals surface area contributed by atoms with Crippen LogP contribution in [0.5, 0.6) is 0 Å². The SMILES string of the molecule is Cc1ccn(-c2c(F)cc(CN)cc2F)n1. The maximum absolute atomic E-state index is 13.6. The highest BCUT2D eigenvalue weighted by Gasteiger charge is 2.13. The largest absolute Gasteiger partial charge is 0.326 e. The van der Waals surface area contributed by atoms with E-state index in [1.807, 2.05) is 0 Å². The molecule has 0 spiro atoms. The van der Waals surface area contributed by atoms with Crippen molar-refractivity contribution in [1.82, 2.24) is 9.78 Å². The van der Waals surface area contributed by atoms with Crippen molar-refractivity contribution in [2.24, 2.45) is 5.73 Å². The van der Waals surface area contributed by atoms with E-state index in [-0.39, 0.29) is 12.2 Å². The predicted octanol–water partition coefficient (Wildman–Crippen LogP) is 1.92. The third kappa shape index (κ3) is 1.81. The fourth-order valence-electron chi connectivity index (χ4n) is 1.49. The first-order valence-electron chi connectivity index (χ1n) is 4.82. The molecule has 5 heteroatoms. The Morgan fingerprint density at radius 3 is 2.38 bits per heavy atom. The fourth-order valence-corrected chi connectivity index (χ4v) is 1.49. The molecule has 0 aliphatic heterocycles. The first kappa shape index (κ1) is 10.8. The van der Waals surface area contributed by atoms with E-state index in [9.17, 15) is 8.78 Å². The van der Waals surface area contributed by atoms with E-state index in [2.05, 4.69) is 5.10 Å². The zero-order valence-corrected chi connectivity index (χ0v) is 8.74. The molecule has 1 heterocycles. The highest BCUT2D eigenvalue weighted by Crippen LogP contribution is 2.19. The predicted molar refractivity (Wildman–Crippen MR) is 56.1 cm³/mol. The van der Waals surface area contributed by atoms with Crippen molar-refractivity contribution in [1.29, 1.82) is 0 Å². The molecule has 0 saturated heterocycles. The maximum Gasteiger partial charge on any atom is 0.152 e. The van der Waals surface area contributed by atoms with E-state index in [4.69, 9.17) is 5.73 Å². The minimum Gasteiger partial charge on any atom is -0.326 e. The average Bonchev–Trinajstić information content (AvgIpc) is 2.63. The Hall–Kier alpha value is -1.75. The summed E-state index contributed by atoms with van der Waals surface area (Å²) in [4.78, 5) is 0. The molecular weight excluding hydrogens is 212 g/mol. The summed E-state index contributed by atoms with van der Waals surface area (Å²) < 4.78 is 28.5. The van der Waals surface area contributed by atoms with Crippen LogP contribution >= 0.6 is 0 Å². The van der Waals surface area contributed by atoms with Crippen molar-refractivity contribution in [3.05, 3.63) is 47.3 Å². The molecule has 16 heavy (non-hydrogen) atoms. The highest BCUT2D eigenvalue weighted by atomic mass is 19.1. The number of hydrogen-bond acceptors (Lipinski definition) is 2. The molecule has 0 radical (unpaired) electrons. The molecule has 1 aromatic carbocycles. The van der Waals surface area contributed by atoms with E-state index < -0.39 is 11.6 Å². The van der Waals surface area contributed by atoms with Crippen LogP contribution in [0, 0.1) is 18.6 Å². The van der Waals surface area contributed by atoms with Gasteiger partial charge >= 0.3 is 0 Å². The van der Waals surface area contributed by atoms with Gasteiger partial charge in [0.1, 0.15) is 5.69 Å². The number of nitrogens with zero attached hydrogens (tertiary/aromatic N) is 2. The van der Waals surface area contributed by atoms with Gasteiger partial charge in [-0.05, 0) is 30.7 Å². The number of hydrogen-bond donors (Lipinski definition) is 1. The minimum atomic E-state index is -0.663. The normalized spacial score (nSPS) is 10.8. The van der Waals surface area contributed by atoms with Crippen molar-refractivity contribution < 1.29 is 8.78 Å². The van der Waals surface area contributed by atoms with E-state index in [0.717, 1.165) is 0 Å². The monoisotopic (exact) mass is 223 g/mol. The van der Waals surface area contributed by atoms with Crippen LogP contribution < -0.4 is 5.73 Å². The van der Waals surface area contributed by atoms with Crippen molar-refractivity contribution in [3.8, 4) is 5.69 Å². The Morgan fingerprint density at radius 2 is 1.94 bits per heavy atom. The lowest BCUT2D eigenvalue weighted by molar-refractivity contribution is 0.556. The van der Waals surface area contributed by atoms with Crippen LogP contribution in [0.25, 0.3) is 5.69 Å². The zero-order valence-electron chi connectivity index (χ0n) is 8.74. The van der Waals surface area contributed by atoms with Gasteiger partial charge in [0.05, 0.1) is 5.69 Å². The van der Waals surface area contributed by atoms with Crippen LogP contribution in [0.1, 0.15) is 11.3 Å². The van der Waals surface area contributed by atoms with Crippen LogP contribution in [-0.2, 0) is 6.54 Å². The molecule has 2 rings (SSSR count). The molecule has 0 aliphatic carbocycles. The van der Waals surface area contributed by atoms with Gasteiger partial charge in [0.2, 0.25) is 0 Å². The minimum absolute atomic E-state index is 0.103. The summed E-state index contributed by atoms with van der Waals surface area (Å²) in [6.45, 7) is 1.85. The van der Waals surface area contributed by atoms with Gasteiger partial charge in [0.15, 0.2) is 11.6 Å². The molecule has 1 aromatic heterocycles. The van der Waals surface area contributed by atoms with Gasteiger partial charge in [-0.1, -0.05) is 0 Å². The molecule has 0 saturated carbocycles. The number of rotatable bonds is 2. The number of nitrogens with two attached hydrogens (primary N) is 1. The first-order valence-corrected chi connectivity index (χ1v) is 4.82. The second kappa shape index (κ2) is 4.02. The van der Waals surface area contributed by atoms with E-state index in [1.165, 1.54) is 23.0 Å². The van der Waals surface area contributed by atoms with Gasteiger partial charge in [0, 0.05) is 12.7 Å². The Labute approximate surface area is 91.5 Å². The molecule has 0 bridgehead atoms. The molecule has 0 atom stereocenters. The quantitative estimate of drug-likeness (QED) is 0.845. The molecule has 0 fully saturated rings. The molecule has 3 nitrogen and oxygen atoms in total. The fraction of sp³-hybridized carbons (Fsp3) is 0.182. The van der Waals surface area contributed by atoms with Gasteiger partial charge in [-0.2, -0.15) is 5.10 Å². The standard InChI is InChI=1S/C11H11F2N3/c1-7-2-3-16(15-7)11-9(12)4-8(6-14)5-10(11)13/h2-5H,6,14H2,1H3. The van der Waals surface area contributed by atoms with E-state index >= 15 is 0 Å². The molecule has 0 amide bonds. The number of halogens is 2. The summed E-state index contributed by atoms with van der Waals surface area (Å²) in [6.07, 6.45) is 1.51. The second-order valence-electron chi connectivity index (χ2n) is 3.51. The van der Waals surface area contributed by atoms with Crippen LogP contribution in [0.15, 0.2) is 24.4 Å². The Bertz CT molecular complexity index is 497. The summed E-state index contributed by atoms with van der Waals surface area (Å²) in [7, 11) is 0. The molecule has 2 aromatic rings. The topological polar surface area (TPSA) is 43.8 Å². The van der Waals surface area contributed by atoms with Crippen molar-refractivity contribution >= 4 is 0 Å². The third-order valence-corrected chi connectivity index (χ3v) is 2.26. The van der Waals surface area contributed by atoms with Crippen LogP contribution in [-0.4, -0.2) is 9.78 Å². The van der Waals surface area contributed by atoms with Gasteiger partial charge < -0.3 is 5.73 Å². The van der Waals surface area contributed by atoms with Crippen LogP contribution in [0.4, 0.5) is 8.78 Å². The van der Waals surface area contributed by atoms with Crippen LogP contribution in [0.3, 0.4) is 0 Å². The molecular formula is C11H11F2N3. The Morgan fingerprint density at radius 1 is 1.31 bits per heavy atom. The highest BCUT2D eigenvalue weighted by molar-refractivity contribution is 5.37. The molecule has 2 N–H and O–H groups in total. The Kier molecular flexibility index (Phi) is 2.70. The van der Waals surface area contributed by atoms with Gasteiger partial charge in [-0.25, -0.2) is 13.5 Å². The third-order valence-electron chi connectivity index (χ3n) is 2.26. The smallest absolute Gasteiger partial charge is 0.152 e. The van der Waals surface area contributed by atoms with Crippen molar-refractivity contribution in [2.75, 3.05) is 0 Å². The van der Waals surface area contributed by atoms with E-state index in [0.29, 0.717) is 11.3 Å². The van der Waals surface area contributed by atoms with Gasteiger partial charge in [-0.15, -0.1) is 0 Å². The maximum atomic E-state index is 13.6. The number of benzene rings is 1. The summed E-state index contributed by atoms with van der Waals surface area (Å²) in [5.74, 6) is -1.33. The van der Waals surface area contributed by atoms with Gasteiger partial charge in [0.25, 0.3) is 0 Å². The molecule has 84 valence electrons. The summed E-state index contributed by atoms with van der Waals surface area (Å²) in [5.41, 5.74) is 6.26. The lowest BCUT2D eigenvalue weighted by atomic mass is 10.2. The summed E-state index contributed by atoms with van der Waals surface area (Å²) >= 11 is 0. The second-order valence-corrected chi connectivity index (χ2v) is 3.51. The first-order chi connectivity index (χ1) is 7.61. The summed E-state index contributed by atoms with van der Waals surface area (Å²) in [6, 6.07) is 4.11.